The van der Waals surface area contributed by atoms with Gasteiger partial charge >= 0.3 is 5.97 Å². The summed E-state index contributed by atoms with van der Waals surface area (Å²) < 4.78 is 7.39. The Morgan fingerprint density at radius 1 is 1.19 bits per heavy atom. The number of nitrogens with zero attached hydrogens (tertiary/aromatic N) is 2. The van der Waals surface area contributed by atoms with E-state index in [2.05, 4.69) is 31.1 Å². The van der Waals surface area contributed by atoms with Crippen molar-refractivity contribution in [2.45, 2.75) is 71.8 Å². The quantitative estimate of drug-likeness (QED) is 0.387. The van der Waals surface area contributed by atoms with Gasteiger partial charge in [0, 0.05) is 32.0 Å². The average Bonchev–Trinajstić information content (AvgIpc) is 3.23. The van der Waals surface area contributed by atoms with E-state index in [1.54, 1.807) is 6.20 Å². The number of Topliss-reactive ketones (excluding diaryl/α,β-unsaturated/α-hetero) is 1. The molecule has 0 unspecified atom stereocenters. The molecule has 6 atom stereocenters. The first-order valence-electron chi connectivity index (χ1n) is 11.8. The maximum atomic E-state index is 13.5. The van der Waals surface area contributed by atoms with Crippen LogP contribution in [0.15, 0.2) is 29.5 Å². The Morgan fingerprint density at radius 3 is 2.68 bits per heavy atom. The zero-order valence-electron chi connectivity index (χ0n) is 19.2. The number of fused-ring (bicyclic) bond motifs is 5. The SMILES string of the molecule is CC(=O)O[C@H]1CC[C@@]2(C)C(=CC[C@@H]3[C@@H]2CC[C@]2(C)C(=O)/C(=C/c4ccnn4C)C[C@@H]32)C1. The second-order valence-corrected chi connectivity index (χ2v) is 10.8. The highest BCUT2D eigenvalue weighted by Crippen LogP contribution is 2.64. The van der Waals surface area contributed by atoms with Gasteiger partial charge in [0.25, 0.3) is 0 Å². The molecule has 0 N–H and O–H groups in total. The zero-order valence-corrected chi connectivity index (χ0v) is 19.2. The normalized spacial score (nSPS) is 40.7. The third-order valence-corrected chi connectivity index (χ3v) is 9.21. The van der Waals surface area contributed by atoms with Gasteiger partial charge in [-0.25, -0.2) is 0 Å². The standard InChI is InChI=1S/C26H34N2O3/c1-16(29)31-20-7-10-25(2)18(15-20)5-6-21-22(25)8-11-26(3)23(21)14-17(24(26)30)13-19-9-12-27-28(19)4/h5,9,12-13,20-23H,6-8,10-11,14-15H2,1-4H3/b17-13+/t20-,21+,22-,23-,25-,26-/m0/s1. The molecule has 0 bridgehead atoms. The molecule has 5 nitrogen and oxygen atoms in total. The first kappa shape index (κ1) is 20.7. The summed E-state index contributed by atoms with van der Waals surface area (Å²) in [6.07, 6.45) is 13.3. The summed E-state index contributed by atoms with van der Waals surface area (Å²) in [6.45, 7) is 6.17. The van der Waals surface area contributed by atoms with Crippen LogP contribution in [-0.2, 0) is 21.4 Å². The van der Waals surface area contributed by atoms with Crippen LogP contribution in [0.5, 0.6) is 0 Å². The lowest BCUT2D eigenvalue weighted by Crippen LogP contribution is -2.50. The molecule has 5 rings (SSSR count). The van der Waals surface area contributed by atoms with Crippen molar-refractivity contribution in [1.29, 1.82) is 0 Å². The highest BCUT2D eigenvalue weighted by atomic mass is 16.5. The number of hydrogen-bond acceptors (Lipinski definition) is 4. The van der Waals surface area contributed by atoms with Crippen LogP contribution in [0.4, 0.5) is 0 Å². The van der Waals surface area contributed by atoms with Gasteiger partial charge in [0.1, 0.15) is 6.10 Å². The molecule has 3 fully saturated rings. The van der Waals surface area contributed by atoms with Gasteiger partial charge in [-0.15, -0.1) is 0 Å². The van der Waals surface area contributed by atoms with Crippen LogP contribution in [0.2, 0.25) is 0 Å². The van der Waals surface area contributed by atoms with Crippen molar-refractivity contribution < 1.29 is 14.3 Å². The van der Waals surface area contributed by atoms with E-state index in [1.807, 2.05) is 17.8 Å². The third-order valence-electron chi connectivity index (χ3n) is 9.21. The third kappa shape index (κ3) is 3.15. The van der Waals surface area contributed by atoms with Crippen LogP contribution >= 0.6 is 0 Å². The van der Waals surface area contributed by atoms with Crippen LogP contribution in [0.3, 0.4) is 0 Å². The number of aromatic nitrogens is 2. The van der Waals surface area contributed by atoms with E-state index >= 15 is 0 Å². The number of ketones is 1. The molecule has 3 saturated carbocycles. The van der Waals surface area contributed by atoms with Gasteiger partial charge in [0.15, 0.2) is 5.78 Å². The lowest BCUT2D eigenvalue weighted by molar-refractivity contribution is -0.148. The highest BCUT2D eigenvalue weighted by molar-refractivity contribution is 6.05. The molecule has 166 valence electrons. The van der Waals surface area contributed by atoms with Crippen molar-refractivity contribution >= 4 is 17.8 Å². The second kappa shape index (κ2) is 7.18. The molecule has 4 aliphatic carbocycles. The fourth-order valence-corrected chi connectivity index (χ4v) is 7.47. The molecule has 0 aliphatic heterocycles. The number of esters is 1. The van der Waals surface area contributed by atoms with Crippen molar-refractivity contribution in [2.75, 3.05) is 0 Å². The fourth-order valence-electron chi connectivity index (χ4n) is 7.47. The molecule has 0 saturated heterocycles. The van der Waals surface area contributed by atoms with E-state index in [0.717, 1.165) is 56.2 Å². The monoisotopic (exact) mass is 422 g/mol. The van der Waals surface area contributed by atoms with Crippen LogP contribution in [0.25, 0.3) is 6.08 Å². The Kier molecular flexibility index (Phi) is 4.80. The first-order valence-corrected chi connectivity index (χ1v) is 11.8. The minimum atomic E-state index is -0.234. The van der Waals surface area contributed by atoms with Crippen molar-refractivity contribution in [3.8, 4) is 0 Å². The molecule has 1 heterocycles. The number of ether oxygens (including phenoxy) is 1. The maximum Gasteiger partial charge on any atom is 0.302 e. The smallest absolute Gasteiger partial charge is 0.302 e. The number of aryl methyl sites for hydroxylation is 1. The number of hydrogen-bond donors (Lipinski definition) is 0. The summed E-state index contributed by atoms with van der Waals surface area (Å²) in [5, 5.41) is 4.26. The van der Waals surface area contributed by atoms with Gasteiger partial charge in [0.05, 0.1) is 5.69 Å². The van der Waals surface area contributed by atoms with Crippen LogP contribution in [-0.4, -0.2) is 27.6 Å². The van der Waals surface area contributed by atoms with E-state index in [-0.39, 0.29) is 22.9 Å². The number of carbonyl (C=O) groups excluding carboxylic acids is 2. The lowest BCUT2D eigenvalue weighted by atomic mass is 9.48. The van der Waals surface area contributed by atoms with Crippen molar-refractivity contribution in [3.63, 3.8) is 0 Å². The predicted molar refractivity (Wildman–Crippen MR) is 119 cm³/mol. The van der Waals surface area contributed by atoms with Gasteiger partial charge < -0.3 is 4.74 Å². The molecular formula is C26H34N2O3. The highest BCUT2D eigenvalue weighted by Gasteiger charge is 2.60. The van der Waals surface area contributed by atoms with E-state index in [4.69, 9.17) is 4.74 Å². The van der Waals surface area contributed by atoms with Crippen LogP contribution < -0.4 is 0 Å². The molecule has 0 spiro atoms. The summed E-state index contributed by atoms with van der Waals surface area (Å²) in [5.41, 5.74) is 3.42. The van der Waals surface area contributed by atoms with E-state index in [1.165, 1.54) is 12.5 Å². The molecule has 0 radical (unpaired) electrons. The number of rotatable bonds is 2. The molecule has 0 aromatic carbocycles. The molecular weight excluding hydrogens is 388 g/mol. The molecule has 1 aromatic rings. The summed E-state index contributed by atoms with van der Waals surface area (Å²) in [5.74, 6) is 1.77. The van der Waals surface area contributed by atoms with Gasteiger partial charge in [-0.1, -0.05) is 25.5 Å². The van der Waals surface area contributed by atoms with E-state index in [0.29, 0.717) is 23.5 Å². The summed E-state index contributed by atoms with van der Waals surface area (Å²) in [4.78, 5) is 25.0. The Hall–Kier alpha value is -2.17. The summed E-state index contributed by atoms with van der Waals surface area (Å²) in [7, 11) is 1.93. The van der Waals surface area contributed by atoms with Gasteiger partial charge in [0.2, 0.25) is 0 Å². The fraction of sp³-hybridized carbons (Fsp3) is 0.654. The zero-order chi connectivity index (χ0) is 22.0. The maximum absolute atomic E-state index is 13.5. The minimum Gasteiger partial charge on any atom is -0.462 e. The average molecular weight is 423 g/mol. The molecule has 5 heteroatoms. The molecule has 0 amide bonds. The number of allylic oxidation sites excluding steroid dienone is 2. The van der Waals surface area contributed by atoms with Crippen molar-refractivity contribution in [2.24, 2.45) is 35.6 Å². The minimum absolute atomic E-state index is 0.0312. The number of carbonyl (C=O) groups is 2. The van der Waals surface area contributed by atoms with Crippen molar-refractivity contribution in [1.82, 2.24) is 9.78 Å². The van der Waals surface area contributed by atoms with Crippen LogP contribution in [0.1, 0.15) is 71.4 Å². The summed E-state index contributed by atoms with van der Waals surface area (Å²) in [6, 6.07) is 1.98. The lowest BCUT2D eigenvalue weighted by Gasteiger charge is -2.56. The Balaban J connectivity index is 1.43. The molecule has 1 aromatic heterocycles. The Labute approximate surface area is 184 Å². The topological polar surface area (TPSA) is 61.2 Å². The van der Waals surface area contributed by atoms with E-state index in [9.17, 15) is 9.59 Å². The van der Waals surface area contributed by atoms with Gasteiger partial charge in [-0.2, -0.15) is 5.10 Å². The van der Waals surface area contributed by atoms with Gasteiger partial charge in [-0.05, 0) is 79.4 Å². The van der Waals surface area contributed by atoms with E-state index < -0.39 is 0 Å². The van der Waals surface area contributed by atoms with Gasteiger partial charge in [-0.3, -0.25) is 14.3 Å². The van der Waals surface area contributed by atoms with Crippen LogP contribution in [0, 0.1) is 28.6 Å². The summed E-state index contributed by atoms with van der Waals surface area (Å²) >= 11 is 0. The molecule has 4 aliphatic rings. The Morgan fingerprint density at radius 2 is 1.97 bits per heavy atom. The largest absolute Gasteiger partial charge is 0.462 e. The van der Waals surface area contributed by atoms with Crippen molar-refractivity contribution in [3.05, 3.63) is 35.2 Å². The molecule has 31 heavy (non-hydrogen) atoms. The Bertz CT molecular complexity index is 989. The second-order valence-electron chi connectivity index (χ2n) is 10.8. The first-order chi connectivity index (χ1) is 14.7. The predicted octanol–water partition coefficient (Wildman–Crippen LogP) is 4.88.